The number of hydrogen-bond acceptors (Lipinski definition) is 5. The lowest BCUT2D eigenvalue weighted by Crippen LogP contribution is -2.28. The van der Waals surface area contributed by atoms with Crippen molar-refractivity contribution >= 4 is 33.0 Å². The van der Waals surface area contributed by atoms with E-state index in [1.54, 1.807) is 6.07 Å². The molecule has 144 valence electrons. The van der Waals surface area contributed by atoms with Crippen molar-refractivity contribution in [3.05, 3.63) is 63.2 Å². The lowest BCUT2D eigenvalue weighted by molar-refractivity contribution is -0.385. The van der Waals surface area contributed by atoms with E-state index in [4.69, 9.17) is 11.6 Å². The Morgan fingerprint density at radius 1 is 1.19 bits per heavy atom. The number of nitrogens with zero attached hydrogens (tertiary/aromatic N) is 2. The second kappa shape index (κ2) is 7.84. The summed E-state index contributed by atoms with van der Waals surface area (Å²) in [4.78, 5) is 10.5. The first-order valence-corrected chi connectivity index (χ1v) is 10.4. The average Bonchev–Trinajstić information content (AvgIpc) is 3.17. The Labute approximate surface area is 163 Å². The lowest BCUT2D eigenvalue weighted by atomic mass is 10.1. The first kappa shape index (κ1) is 19.6. The monoisotopic (exact) mass is 409 g/mol. The van der Waals surface area contributed by atoms with E-state index in [0.717, 1.165) is 24.5 Å². The van der Waals surface area contributed by atoms with Gasteiger partial charge in [-0.3, -0.25) is 10.1 Å². The quantitative estimate of drug-likeness (QED) is 0.570. The molecule has 1 atom stereocenters. The molecule has 1 aliphatic heterocycles. The summed E-state index contributed by atoms with van der Waals surface area (Å²) >= 11 is 6.23. The van der Waals surface area contributed by atoms with Crippen LogP contribution in [0.3, 0.4) is 0 Å². The van der Waals surface area contributed by atoms with Gasteiger partial charge in [0.15, 0.2) is 0 Å². The van der Waals surface area contributed by atoms with Crippen LogP contribution in [0.1, 0.15) is 31.4 Å². The van der Waals surface area contributed by atoms with Crippen LogP contribution in [0.15, 0.2) is 47.4 Å². The van der Waals surface area contributed by atoms with Gasteiger partial charge in [0.2, 0.25) is 10.0 Å². The molecule has 2 aromatic rings. The molecule has 1 N–H and O–H groups in total. The van der Waals surface area contributed by atoms with E-state index < -0.39 is 14.9 Å². The third-order valence-electron chi connectivity index (χ3n) is 4.60. The van der Waals surface area contributed by atoms with Crippen molar-refractivity contribution in [1.82, 2.24) is 4.31 Å². The molecular formula is C18H20ClN3O4S. The summed E-state index contributed by atoms with van der Waals surface area (Å²) in [5, 5.41) is 14.9. The number of nitrogens with one attached hydrogen (secondary N) is 1. The van der Waals surface area contributed by atoms with Crippen LogP contribution < -0.4 is 5.32 Å². The summed E-state index contributed by atoms with van der Waals surface area (Å²) in [6, 6.07) is 10.8. The summed E-state index contributed by atoms with van der Waals surface area (Å²) in [6.45, 7) is 2.70. The van der Waals surface area contributed by atoms with Crippen LogP contribution in [-0.4, -0.2) is 30.7 Å². The number of halogens is 1. The molecule has 0 radical (unpaired) electrons. The van der Waals surface area contributed by atoms with Gasteiger partial charge in [-0.15, -0.1) is 0 Å². The van der Waals surface area contributed by atoms with Gasteiger partial charge in [0.05, 0.1) is 16.7 Å². The maximum absolute atomic E-state index is 13.1. The van der Waals surface area contributed by atoms with Crippen molar-refractivity contribution < 1.29 is 13.3 Å². The minimum absolute atomic E-state index is 0.0856. The second-order valence-corrected chi connectivity index (χ2v) is 8.75. The fourth-order valence-electron chi connectivity index (χ4n) is 3.16. The largest absolute Gasteiger partial charge is 0.377 e. The zero-order chi connectivity index (χ0) is 19.6. The second-order valence-electron chi connectivity index (χ2n) is 6.44. The molecule has 0 aliphatic carbocycles. The highest BCUT2D eigenvalue weighted by atomic mass is 35.5. The van der Waals surface area contributed by atoms with Crippen molar-refractivity contribution in [2.45, 2.75) is 30.7 Å². The molecule has 1 aliphatic rings. The molecule has 2 aromatic carbocycles. The molecule has 0 bridgehead atoms. The number of nitro groups is 1. The molecule has 3 rings (SSSR count). The van der Waals surface area contributed by atoms with E-state index in [1.807, 2.05) is 25.1 Å². The van der Waals surface area contributed by atoms with Crippen LogP contribution in [0.2, 0.25) is 5.02 Å². The SMILES string of the molecule is CC(Nc1ccc([N+](=O)[O-])cc1S(=O)(=O)N1CCCC1)c1ccccc1Cl. The van der Waals surface area contributed by atoms with E-state index >= 15 is 0 Å². The van der Waals surface area contributed by atoms with E-state index in [1.165, 1.54) is 16.4 Å². The summed E-state index contributed by atoms with van der Waals surface area (Å²) in [7, 11) is -3.83. The van der Waals surface area contributed by atoms with Gasteiger partial charge in [0, 0.05) is 30.2 Å². The molecule has 27 heavy (non-hydrogen) atoms. The zero-order valence-electron chi connectivity index (χ0n) is 14.8. The molecule has 0 spiro atoms. The Kier molecular flexibility index (Phi) is 5.69. The Bertz CT molecular complexity index is 959. The summed E-state index contributed by atoms with van der Waals surface area (Å²) < 4.78 is 27.5. The normalized spacial score (nSPS) is 16.2. The van der Waals surface area contributed by atoms with Crippen molar-refractivity contribution in [1.29, 1.82) is 0 Å². The molecule has 1 heterocycles. The smallest absolute Gasteiger partial charge is 0.270 e. The molecule has 7 nitrogen and oxygen atoms in total. The third-order valence-corrected chi connectivity index (χ3v) is 6.89. The van der Waals surface area contributed by atoms with Crippen LogP contribution >= 0.6 is 11.6 Å². The Balaban J connectivity index is 2.02. The molecule has 0 amide bonds. The maximum Gasteiger partial charge on any atom is 0.270 e. The van der Waals surface area contributed by atoms with Crippen LogP contribution in [0.5, 0.6) is 0 Å². The molecule has 1 unspecified atom stereocenters. The van der Waals surface area contributed by atoms with Gasteiger partial charge in [-0.25, -0.2) is 8.42 Å². The van der Waals surface area contributed by atoms with Crippen LogP contribution in [0, 0.1) is 10.1 Å². The van der Waals surface area contributed by atoms with Crippen molar-refractivity contribution in [2.75, 3.05) is 18.4 Å². The van der Waals surface area contributed by atoms with Gasteiger partial charge >= 0.3 is 0 Å². The minimum atomic E-state index is -3.83. The summed E-state index contributed by atoms with van der Waals surface area (Å²) in [6.07, 6.45) is 1.57. The topological polar surface area (TPSA) is 92.5 Å². The number of hydrogen-bond donors (Lipinski definition) is 1. The fourth-order valence-corrected chi connectivity index (χ4v) is 5.15. The van der Waals surface area contributed by atoms with Gasteiger partial charge in [-0.05, 0) is 37.5 Å². The van der Waals surface area contributed by atoms with E-state index in [-0.39, 0.29) is 16.6 Å². The van der Waals surface area contributed by atoms with E-state index in [0.29, 0.717) is 23.8 Å². The van der Waals surface area contributed by atoms with Gasteiger partial charge in [-0.1, -0.05) is 29.8 Å². The number of benzene rings is 2. The van der Waals surface area contributed by atoms with Crippen molar-refractivity contribution in [3.8, 4) is 0 Å². The molecule has 1 fully saturated rings. The maximum atomic E-state index is 13.1. The molecule has 0 aromatic heterocycles. The zero-order valence-corrected chi connectivity index (χ0v) is 16.3. The number of non-ortho nitro benzene ring substituents is 1. The molecule has 0 saturated carbocycles. The average molecular weight is 410 g/mol. The van der Waals surface area contributed by atoms with Crippen LogP contribution in [-0.2, 0) is 10.0 Å². The van der Waals surface area contributed by atoms with Crippen LogP contribution in [0.25, 0.3) is 0 Å². The Morgan fingerprint density at radius 3 is 2.48 bits per heavy atom. The molecule has 9 heteroatoms. The molecule has 1 saturated heterocycles. The Hall–Kier alpha value is -2.16. The summed E-state index contributed by atoms with van der Waals surface area (Å²) in [5.74, 6) is 0. The number of rotatable bonds is 6. The van der Waals surface area contributed by atoms with E-state index in [9.17, 15) is 18.5 Å². The van der Waals surface area contributed by atoms with Gasteiger partial charge < -0.3 is 5.32 Å². The highest BCUT2D eigenvalue weighted by molar-refractivity contribution is 7.89. The minimum Gasteiger partial charge on any atom is -0.377 e. The summed E-state index contributed by atoms with van der Waals surface area (Å²) in [5.41, 5.74) is 0.866. The first-order chi connectivity index (χ1) is 12.8. The van der Waals surface area contributed by atoms with Crippen LogP contribution in [0.4, 0.5) is 11.4 Å². The highest BCUT2D eigenvalue weighted by Crippen LogP contribution is 2.33. The highest BCUT2D eigenvalue weighted by Gasteiger charge is 2.31. The number of sulfonamides is 1. The van der Waals surface area contributed by atoms with Gasteiger partial charge in [-0.2, -0.15) is 4.31 Å². The van der Waals surface area contributed by atoms with Crippen molar-refractivity contribution in [3.63, 3.8) is 0 Å². The predicted molar refractivity (Wildman–Crippen MR) is 105 cm³/mol. The Morgan fingerprint density at radius 2 is 1.85 bits per heavy atom. The first-order valence-electron chi connectivity index (χ1n) is 8.60. The van der Waals surface area contributed by atoms with Crippen molar-refractivity contribution in [2.24, 2.45) is 0 Å². The third kappa shape index (κ3) is 4.07. The number of nitro benzene ring substituents is 1. The van der Waals surface area contributed by atoms with E-state index in [2.05, 4.69) is 5.32 Å². The predicted octanol–water partition coefficient (Wildman–Crippen LogP) is 4.21. The molecular weight excluding hydrogens is 390 g/mol. The fraction of sp³-hybridized carbons (Fsp3) is 0.333. The number of anilines is 1. The standard InChI is InChI=1S/C18H20ClN3O4S/c1-13(15-6-2-3-7-16(15)19)20-17-9-8-14(22(23)24)12-18(17)27(25,26)21-10-4-5-11-21/h2-3,6-9,12-13,20H,4-5,10-11H2,1H3. The van der Waals surface area contributed by atoms with Gasteiger partial charge in [0.25, 0.3) is 5.69 Å². The van der Waals surface area contributed by atoms with Gasteiger partial charge in [0.1, 0.15) is 4.90 Å². The lowest BCUT2D eigenvalue weighted by Gasteiger charge is -2.22.